The summed E-state index contributed by atoms with van der Waals surface area (Å²) in [7, 11) is 0. The number of alkyl halides is 1. The molecule has 1 aliphatic carbocycles. The van der Waals surface area contributed by atoms with Gasteiger partial charge in [-0.1, -0.05) is 19.3 Å². The van der Waals surface area contributed by atoms with Gasteiger partial charge < -0.3 is 4.57 Å². The first-order valence-corrected chi connectivity index (χ1v) is 8.43. The van der Waals surface area contributed by atoms with Crippen molar-refractivity contribution >= 4 is 11.3 Å². The fourth-order valence-electron chi connectivity index (χ4n) is 3.78. The van der Waals surface area contributed by atoms with Crippen LogP contribution in [-0.2, 0) is 0 Å². The molecule has 2 aromatic heterocycles. The maximum atomic E-state index is 14.8. The Morgan fingerprint density at radius 2 is 2.20 bits per heavy atom. The Morgan fingerprint density at radius 3 is 3.05 bits per heavy atom. The highest BCUT2D eigenvalue weighted by atomic mass is 32.1. The topological polar surface area (TPSA) is 17.8 Å². The average molecular weight is 290 g/mol. The molecule has 0 unspecified atom stereocenters. The second-order valence-corrected chi connectivity index (χ2v) is 7.10. The molecule has 0 spiro atoms. The van der Waals surface area contributed by atoms with E-state index in [-0.39, 0.29) is 0 Å². The Bertz CT molecular complexity index is 569. The van der Waals surface area contributed by atoms with Crippen molar-refractivity contribution in [3.63, 3.8) is 0 Å². The van der Waals surface area contributed by atoms with Crippen LogP contribution in [0.3, 0.4) is 0 Å². The summed E-state index contributed by atoms with van der Waals surface area (Å²) in [4.78, 5) is 5.65. The van der Waals surface area contributed by atoms with E-state index in [4.69, 9.17) is 0 Å². The number of halogens is 1. The monoisotopic (exact) mass is 290 g/mol. The smallest absolute Gasteiger partial charge is 0.111 e. The standard InChI is InChI=1S/C16H19FN2S/c17-16(6-2-1-3-7-16)8-4-13-15-12(5-9-20-15)14-10-18-11-19(13)14/h5,9-11,13H,1-4,6-8H2/t13-/m0/s1. The molecule has 3 heterocycles. The Hall–Kier alpha value is -1.16. The molecule has 0 saturated heterocycles. The maximum absolute atomic E-state index is 14.8. The van der Waals surface area contributed by atoms with Crippen LogP contribution in [0, 0.1) is 0 Å². The zero-order chi connectivity index (χ0) is 13.6. The van der Waals surface area contributed by atoms with E-state index in [0.717, 1.165) is 32.1 Å². The third kappa shape index (κ3) is 1.93. The molecule has 0 aromatic carbocycles. The molecule has 1 saturated carbocycles. The fourth-order valence-corrected chi connectivity index (χ4v) is 4.82. The van der Waals surface area contributed by atoms with E-state index in [0.29, 0.717) is 12.5 Å². The van der Waals surface area contributed by atoms with Crippen LogP contribution in [0.4, 0.5) is 4.39 Å². The van der Waals surface area contributed by atoms with Crippen molar-refractivity contribution in [3.05, 3.63) is 28.8 Å². The summed E-state index contributed by atoms with van der Waals surface area (Å²) in [5.74, 6) is 0. The molecule has 1 atom stereocenters. The summed E-state index contributed by atoms with van der Waals surface area (Å²) >= 11 is 1.80. The van der Waals surface area contributed by atoms with Gasteiger partial charge in [0.05, 0.1) is 24.3 Å². The highest BCUT2D eigenvalue weighted by Crippen LogP contribution is 2.46. The van der Waals surface area contributed by atoms with Crippen LogP contribution in [0.15, 0.2) is 24.0 Å². The quantitative estimate of drug-likeness (QED) is 0.780. The van der Waals surface area contributed by atoms with Crippen molar-refractivity contribution in [3.8, 4) is 11.3 Å². The van der Waals surface area contributed by atoms with Crippen LogP contribution in [0.2, 0.25) is 0 Å². The average Bonchev–Trinajstić information content (AvgIpc) is 3.11. The molecule has 20 heavy (non-hydrogen) atoms. The zero-order valence-corrected chi connectivity index (χ0v) is 12.3. The van der Waals surface area contributed by atoms with Crippen molar-refractivity contribution in [2.45, 2.75) is 56.7 Å². The molecule has 0 radical (unpaired) electrons. The summed E-state index contributed by atoms with van der Waals surface area (Å²) in [6, 6.07) is 2.47. The van der Waals surface area contributed by atoms with E-state index in [1.54, 1.807) is 11.3 Å². The van der Waals surface area contributed by atoms with Gasteiger partial charge in [0.15, 0.2) is 0 Å². The van der Waals surface area contributed by atoms with E-state index < -0.39 is 5.67 Å². The molecule has 4 heteroatoms. The number of hydrogen-bond acceptors (Lipinski definition) is 2. The third-order valence-corrected chi connectivity index (χ3v) is 5.91. The first kappa shape index (κ1) is 12.6. The van der Waals surface area contributed by atoms with E-state index in [9.17, 15) is 4.39 Å². The number of thiophene rings is 1. The van der Waals surface area contributed by atoms with Crippen molar-refractivity contribution in [2.75, 3.05) is 0 Å². The Morgan fingerprint density at radius 1 is 1.35 bits per heavy atom. The van der Waals surface area contributed by atoms with Gasteiger partial charge >= 0.3 is 0 Å². The van der Waals surface area contributed by atoms with Crippen molar-refractivity contribution < 1.29 is 4.39 Å². The minimum absolute atomic E-state index is 0.303. The van der Waals surface area contributed by atoms with Crippen LogP contribution < -0.4 is 0 Å². The first-order valence-electron chi connectivity index (χ1n) is 7.55. The van der Waals surface area contributed by atoms with Gasteiger partial charge in [-0.15, -0.1) is 11.3 Å². The molecular weight excluding hydrogens is 271 g/mol. The van der Waals surface area contributed by atoms with Crippen LogP contribution in [0.25, 0.3) is 11.3 Å². The molecule has 2 nitrogen and oxygen atoms in total. The summed E-state index contributed by atoms with van der Waals surface area (Å²) in [6.07, 6.45) is 10.2. The van der Waals surface area contributed by atoms with E-state index in [2.05, 4.69) is 21.0 Å². The molecule has 4 rings (SSSR count). The molecule has 106 valence electrons. The SMILES string of the molecule is FC1(CC[C@H]2c3sccc3-c3cncn32)CCCCC1. The van der Waals surface area contributed by atoms with Crippen LogP contribution in [-0.4, -0.2) is 15.2 Å². The third-order valence-electron chi connectivity index (χ3n) is 4.89. The van der Waals surface area contributed by atoms with Gasteiger partial charge in [0, 0.05) is 10.4 Å². The minimum atomic E-state index is -0.918. The normalized spacial score (nSPS) is 23.6. The van der Waals surface area contributed by atoms with E-state index >= 15 is 0 Å². The Balaban J connectivity index is 1.55. The summed E-state index contributed by atoms with van der Waals surface area (Å²) < 4.78 is 17.0. The lowest BCUT2D eigenvalue weighted by atomic mass is 9.82. The lowest BCUT2D eigenvalue weighted by Gasteiger charge is -2.30. The summed E-state index contributed by atoms with van der Waals surface area (Å²) in [6.45, 7) is 0. The molecule has 0 N–H and O–H groups in total. The minimum Gasteiger partial charge on any atom is -0.322 e. The summed E-state index contributed by atoms with van der Waals surface area (Å²) in [5, 5.41) is 2.14. The summed E-state index contributed by atoms with van der Waals surface area (Å²) in [5.41, 5.74) is 1.58. The molecule has 1 fully saturated rings. The van der Waals surface area contributed by atoms with Gasteiger partial charge in [0.25, 0.3) is 0 Å². The Labute approximate surface area is 122 Å². The largest absolute Gasteiger partial charge is 0.322 e. The van der Waals surface area contributed by atoms with Crippen molar-refractivity contribution in [1.29, 1.82) is 0 Å². The van der Waals surface area contributed by atoms with Gasteiger partial charge in [-0.2, -0.15) is 0 Å². The van der Waals surface area contributed by atoms with E-state index in [1.807, 2.05) is 12.5 Å². The van der Waals surface area contributed by atoms with Crippen LogP contribution in [0.5, 0.6) is 0 Å². The zero-order valence-electron chi connectivity index (χ0n) is 11.5. The Kier molecular flexibility index (Phi) is 2.95. The fraction of sp³-hybridized carbons (Fsp3) is 0.562. The lowest BCUT2D eigenvalue weighted by molar-refractivity contribution is 0.0904. The maximum Gasteiger partial charge on any atom is 0.111 e. The van der Waals surface area contributed by atoms with Crippen LogP contribution in [0.1, 0.15) is 55.9 Å². The molecule has 2 aliphatic rings. The lowest BCUT2D eigenvalue weighted by Crippen LogP contribution is -2.27. The van der Waals surface area contributed by atoms with E-state index in [1.165, 1.54) is 22.6 Å². The molecule has 0 amide bonds. The number of rotatable bonds is 3. The van der Waals surface area contributed by atoms with Gasteiger partial charge in [-0.05, 0) is 37.1 Å². The van der Waals surface area contributed by atoms with Gasteiger partial charge in [0.2, 0.25) is 0 Å². The molecular formula is C16H19FN2S. The molecule has 2 aromatic rings. The predicted octanol–water partition coefficient (Wildman–Crippen LogP) is 4.97. The highest BCUT2D eigenvalue weighted by Gasteiger charge is 2.35. The van der Waals surface area contributed by atoms with Gasteiger partial charge in [0.1, 0.15) is 5.67 Å². The highest BCUT2D eigenvalue weighted by molar-refractivity contribution is 7.10. The number of aromatic nitrogens is 2. The number of hydrogen-bond donors (Lipinski definition) is 0. The number of imidazole rings is 1. The predicted molar refractivity (Wildman–Crippen MR) is 79.8 cm³/mol. The van der Waals surface area contributed by atoms with Crippen LogP contribution >= 0.6 is 11.3 Å². The first-order chi connectivity index (χ1) is 9.77. The molecule has 1 aliphatic heterocycles. The van der Waals surface area contributed by atoms with Crippen molar-refractivity contribution in [2.24, 2.45) is 0 Å². The second-order valence-electron chi connectivity index (χ2n) is 6.15. The number of fused-ring (bicyclic) bond motifs is 3. The van der Waals surface area contributed by atoms with Gasteiger partial charge in [-0.3, -0.25) is 0 Å². The molecule has 0 bridgehead atoms. The van der Waals surface area contributed by atoms with Gasteiger partial charge in [-0.25, -0.2) is 9.37 Å². The van der Waals surface area contributed by atoms with Crippen molar-refractivity contribution in [1.82, 2.24) is 9.55 Å². The number of nitrogens with zero attached hydrogens (tertiary/aromatic N) is 2. The second kappa shape index (κ2) is 4.69.